The van der Waals surface area contributed by atoms with Gasteiger partial charge in [-0.05, 0) is 32.1 Å². The fraction of sp³-hybridized carbons (Fsp3) is 0.385. The van der Waals surface area contributed by atoms with Gasteiger partial charge in [0.05, 0.1) is 14.2 Å². The first kappa shape index (κ1) is 12.4. The van der Waals surface area contributed by atoms with Gasteiger partial charge in [0.2, 0.25) is 5.75 Å². The first-order chi connectivity index (χ1) is 7.54. The average Bonchev–Trinajstić information content (AvgIpc) is 2.29. The predicted octanol–water partition coefficient (Wildman–Crippen LogP) is 3.05. The Morgan fingerprint density at radius 1 is 1.12 bits per heavy atom. The van der Waals surface area contributed by atoms with E-state index in [1.165, 1.54) is 0 Å². The summed E-state index contributed by atoms with van der Waals surface area (Å²) in [4.78, 5) is 0. The van der Waals surface area contributed by atoms with Crippen LogP contribution in [0.5, 0.6) is 17.2 Å². The van der Waals surface area contributed by atoms with Gasteiger partial charge in [-0.3, -0.25) is 0 Å². The highest BCUT2D eigenvalue weighted by molar-refractivity contribution is 5.51. The summed E-state index contributed by atoms with van der Waals surface area (Å²) in [5.41, 5.74) is -0.470. The quantitative estimate of drug-likeness (QED) is 0.717. The molecule has 1 aromatic rings. The zero-order chi connectivity index (χ0) is 12.2. The molecule has 0 aromatic heterocycles. The molecule has 0 aliphatic heterocycles. The van der Waals surface area contributed by atoms with Crippen molar-refractivity contribution in [2.75, 3.05) is 14.2 Å². The number of hydrogen-bond donors (Lipinski definition) is 0. The zero-order valence-corrected chi connectivity index (χ0v) is 10.2. The molecular weight excluding hydrogens is 204 g/mol. The molecule has 1 aromatic carbocycles. The molecule has 0 radical (unpaired) electrons. The van der Waals surface area contributed by atoms with Crippen LogP contribution in [0.4, 0.5) is 0 Å². The Kier molecular flexibility index (Phi) is 3.82. The lowest BCUT2D eigenvalue weighted by Crippen LogP contribution is -2.25. The van der Waals surface area contributed by atoms with Gasteiger partial charge in [0.15, 0.2) is 11.5 Å². The molecule has 0 bridgehead atoms. The Morgan fingerprint density at radius 2 is 1.62 bits per heavy atom. The van der Waals surface area contributed by atoms with E-state index in [2.05, 4.69) is 6.58 Å². The summed E-state index contributed by atoms with van der Waals surface area (Å²) < 4.78 is 16.3. The van der Waals surface area contributed by atoms with Crippen molar-refractivity contribution in [2.45, 2.75) is 19.4 Å². The van der Waals surface area contributed by atoms with Crippen molar-refractivity contribution in [1.29, 1.82) is 0 Å². The van der Waals surface area contributed by atoms with Crippen LogP contribution in [0.3, 0.4) is 0 Å². The van der Waals surface area contributed by atoms with Gasteiger partial charge >= 0.3 is 0 Å². The maximum absolute atomic E-state index is 5.83. The molecule has 3 heteroatoms. The Bertz CT molecular complexity index is 347. The molecule has 16 heavy (non-hydrogen) atoms. The van der Waals surface area contributed by atoms with Gasteiger partial charge in [-0.2, -0.15) is 0 Å². The number of rotatable bonds is 5. The van der Waals surface area contributed by atoms with E-state index < -0.39 is 5.60 Å². The van der Waals surface area contributed by atoms with Gasteiger partial charge in [-0.1, -0.05) is 12.6 Å². The van der Waals surface area contributed by atoms with Crippen LogP contribution in [0.25, 0.3) is 0 Å². The number of para-hydroxylation sites is 1. The molecule has 3 nitrogen and oxygen atoms in total. The van der Waals surface area contributed by atoms with Gasteiger partial charge in [-0.15, -0.1) is 0 Å². The number of benzene rings is 1. The third kappa shape index (κ3) is 2.69. The molecule has 0 aliphatic carbocycles. The maximum atomic E-state index is 5.83. The summed E-state index contributed by atoms with van der Waals surface area (Å²) in [6.45, 7) is 7.58. The monoisotopic (exact) mass is 222 g/mol. The number of methoxy groups -OCH3 is 2. The zero-order valence-electron chi connectivity index (χ0n) is 10.2. The molecule has 88 valence electrons. The van der Waals surface area contributed by atoms with Crippen molar-refractivity contribution in [1.82, 2.24) is 0 Å². The molecule has 0 unspecified atom stereocenters. The molecule has 0 amide bonds. The van der Waals surface area contributed by atoms with Crippen LogP contribution in [-0.2, 0) is 0 Å². The van der Waals surface area contributed by atoms with Crippen molar-refractivity contribution < 1.29 is 14.2 Å². The first-order valence-electron chi connectivity index (χ1n) is 5.07. The summed E-state index contributed by atoms with van der Waals surface area (Å²) >= 11 is 0. The van der Waals surface area contributed by atoms with E-state index in [1.807, 2.05) is 32.0 Å². The normalized spacial score (nSPS) is 10.8. The van der Waals surface area contributed by atoms with E-state index in [0.29, 0.717) is 17.2 Å². The second kappa shape index (κ2) is 4.92. The average molecular weight is 222 g/mol. The van der Waals surface area contributed by atoms with Crippen LogP contribution in [-0.4, -0.2) is 19.8 Å². The summed E-state index contributed by atoms with van der Waals surface area (Å²) in [7, 11) is 3.20. The smallest absolute Gasteiger partial charge is 0.204 e. The lowest BCUT2D eigenvalue weighted by atomic mass is 10.1. The predicted molar refractivity (Wildman–Crippen MR) is 64.5 cm³/mol. The fourth-order valence-electron chi connectivity index (χ4n) is 1.22. The van der Waals surface area contributed by atoms with Crippen LogP contribution in [0.2, 0.25) is 0 Å². The van der Waals surface area contributed by atoms with Crippen molar-refractivity contribution in [2.24, 2.45) is 0 Å². The lowest BCUT2D eigenvalue weighted by Gasteiger charge is -2.24. The van der Waals surface area contributed by atoms with Gasteiger partial charge < -0.3 is 14.2 Å². The van der Waals surface area contributed by atoms with E-state index in [-0.39, 0.29) is 0 Å². The molecule has 0 N–H and O–H groups in total. The van der Waals surface area contributed by atoms with E-state index in [0.717, 1.165) is 0 Å². The first-order valence-corrected chi connectivity index (χ1v) is 5.07. The minimum absolute atomic E-state index is 0.470. The summed E-state index contributed by atoms with van der Waals surface area (Å²) in [6.07, 6.45) is 1.74. The molecule has 0 aliphatic rings. The molecule has 0 saturated carbocycles. The highest BCUT2D eigenvalue weighted by Crippen LogP contribution is 2.39. The van der Waals surface area contributed by atoms with Crippen molar-refractivity contribution in [3.63, 3.8) is 0 Å². The summed E-state index contributed by atoms with van der Waals surface area (Å²) in [5.74, 6) is 1.89. The second-order valence-electron chi connectivity index (χ2n) is 3.90. The Hall–Kier alpha value is -1.64. The third-order valence-corrected chi connectivity index (χ3v) is 2.24. The molecule has 0 fully saturated rings. The highest BCUT2D eigenvalue weighted by atomic mass is 16.5. The molecule has 0 spiro atoms. The van der Waals surface area contributed by atoms with Gasteiger partial charge in [0, 0.05) is 0 Å². The molecule has 0 heterocycles. The minimum atomic E-state index is -0.470. The molecule has 1 rings (SSSR count). The SMILES string of the molecule is C=CC(C)(C)Oc1c(OC)cccc1OC. The molecule has 0 atom stereocenters. The van der Waals surface area contributed by atoms with Crippen molar-refractivity contribution >= 4 is 0 Å². The van der Waals surface area contributed by atoms with Gasteiger partial charge in [-0.25, -0.2) is 0 Å². The van der Waals surface area contributed by atoms with E-state index in [1.54, 1.807) is 20.3 Å². The fourth-order valence-corrected chi connectivity index (χ4v) is 1.22. The maximum Gasteiger partial charge on any atom is 0.204 e. The summed E-state index contributed by atoms with van der Waals surface area (Å²) in [5, 5.41) is 0. The Balaban J connectivity index is 3.13. The second-order valence-corrected chi connectivity index (χ2v) is 3.90. The minimum Gasteiger partial charge on any atom is -0.493 e. The molecular formula is C13H18O3. The standard InChI is InChI=1S/C13H18O3/c1-6-13(2,3)16-12-10(14-4)8-7-9-11(12)15-5/h6-9H,1H2,2-5H3. The van der Waals surface area contributed by atoms with E-state index >= 15 is 0 Å². The number of ether oxygens (including phenoxy) is 3. The van der Waals surface area contributed by atoms with Crippen LogP contribution in [0.1, 0.15) is 13.8 Å². The van der Waals surface area contributed by atoms with E-state index in [4.69, 9.17) is 14.2 Å². The largest absolute Gasteiger partial charge is 0.493 e. The van der Waals surface area contributed by atoms with Crippen molar-refractivity contribution in [3.8, 4) is 17.2 Å². The lowest BCUT2D eigenvalue weighted by molar-refractivity contribution is 0.149. The van der Waals surface area contributed by atoms with E-state index in [9.17, 15) is 0 Å². The third-order valence-electron chi connectivity index (χ3n) is 2.24. The summed E-state index contributed by atoms with van der Waals surface area (Å²) in [6, 6.07) is 5.51. The topological polar surface area (TPSA) is 27.7 Å². The van der Waals surface area contributed by atoms with Crippen LogP contribution in [0.15, 0.2) is 30.9 Å². The van der Waals surface area contributed by atoms with Gasteiger partial charge in [0.1, 0.15) is 5.60 Å². The molecule has 0 saturated heterocycles. The van der Waals surface area contributed by atoms with Crippen molar-refractivity contribution in [3.05, 3.63) is 30.9 Å². The van der Waals surface area contributed by atoms with Crippen LogP contribution >= 0.6 is 0 Å². The van der Waals surface area contributed by atoms with Gasteiger partial charge in [0.25, 0.3) is 0 Å². The van der Waals surface area contributed by atoms with Crippen LogP contribution in [0, 0.1) is 0 Å². The Labute approximate surface area is 96.6 Å². The number of hydrogen-bond acceptors (Lipinski definition) is 3. The van der Waals surface area contributed by atoms with Crippen LogP contribution < -0.4 is 14.2 Å². The Morgan fingerprint density at radius 3 is 2.00 bits per heavy atom. The highest BCUT2D eigenvalue weighted by Gasteiger charge is 2.20.